The zero-order valence-corrected chi connectivity index (χ0v) is 15.0. The standard InChI is InChI=1S/C16H18N6O2S/c1-4-24-14-8-6-5-7-12(14)17-16(23)15-11(3)22(21-18-15)9-13-10(2)19-25-20-13/h5-8H,4,9H2,1-3H3,(H,17,23). The summed E-state index contributed by atoms with van der Waals surface area (Å²) in [6.07, 6.45) is 0. The van der Waals surface area contributed by atoms with Crippen LogP contribution < -0.4 is 10.1 Å². The molecule has 2 aromatic heterocycles. The maximum atomic E-state index is 12.6. The Morgan fingerprint density at radius 2 is 2.08 bits per heavy atom. The lowest BCUT2D eigenvalue weighted by molar-refractivity contribution is 0.102. The van der Waals surface area contributed by atoms with Gasteiger partial charge in [0.15, 0.2) is 5.69 Å². The molecule has 25 heavy (non-hydrogen) atoms. The molecule has 9 heteroatoms. The first-order valence-corrected chi connectivity index (χ1v) is 8.54. The number of para-hydroxylation sites is 2. The van der Waals surface area contributed by atoms with Crippen LogP contribution in [0.1, 0.15) is 34.5 Å². The van der Waals surface area contributed by atoms with E-state index >= 15 is 0 Å². The summed E-state index contributed by atoms with van der Waals surface area (Å²) in [6.45, 7) is 6.54. The fourth-order valence-electron chi connectivity index (χ4n) is 2.29. The molecule has 0 fully saturated rings. The number of nitrogens with zero attached hydrogens (tertiary/aromatic N) is 5. The fraction of sp³-hybridized carbons (Fsp3) is 0.312. The van der Waals surface area contributed by atoms with Crippen LogP contribution in [0.15, 0.2) is 24.3 Å². The number of benzene rings is 1. The molecule has 0 atom stereocenters. The van der Waals surface area contributed by atoms with Gasteiger partial charge in [0.05, 0.1) is 47.6 Å². The third kappa shape index (κ3) is 3.66. The number of nitrogens with one attached hydrogen (secondary N) is 1. The van der Waals surface area contributed by atoms with E-state index < -0.39 is 0 Å². The van der Waals surface area contributed by atoms with Crippen LogP contribution in [0.25, 0.3) is 0 Å². The first kappa shape index (κ1) is 17.0. The summed E-state index contributed by atoms with van der Waals surface area (Å²) in [6, 6.07) is 7.28. The molecule has 8 nitrogen and oxygen atoms in total. The average Bonchev–Trinajstić information content (AvgIpc) is 3.17. The number of carbonyl (C=O) groups is 1. The highest BCUT2D eigenvalue weighted by atomic mass is 32.1. The number of aryl methyl sites for hydroxylation is 1. The Bertz CT molecular complexity index is 888. The van der Waals surface area contributed by atoms with E-state index in [-0.39, 0.29) is 11.6 Å². The van der Waals surface area contributed by atoms with Gasteiger partial charge in [-0.25, -0.2) is 4.68 Å². The lowest BCUT2D eigenvalue weighted by Crippen LogP contribution is -2.15. The predicted octanol–water partition coefficient (Wildman–Crippen LogP) is 2.45. The SMILES string of the molecule is CCOc1ccccc1NC(=O)c1nnn(Cc2nsnc2C)c1C. The van der Waals surface area contributed by atoms with E-state index in [0.29, 0.717) is 30.3 Å². The first-order chi connectivity index (χ1) is 12.1. The van der Waals surface area contributed by atoms with Gasteiger partial charge in [0.2, 0.25) is 0 Å². The maximum absolute atomic E-state index is 12.6. The minimum absolute atomic E-state index is 0.271. The van der Waals surface area contributed by atoms with Crippen LogP contribution in [0.3, 0.4) is 0 Å². The normalized spacial score (nSPS) is 10.7. The molecule has 1 amide bonds. The third-order valence-corrected chi connectivity index (χ3v) is 4.34. The molecule has 0 aliphatic heterocycles. The Hall–Kier alpha value is -2.81. The zero-order valence-electron chi connectivity index (χ0n) is 14.2. The number of rotatable bonds is 6. The van der Waals surface area contributed by atoms with Crippen molar-refractivity contribution in [2.75, 3.05) is 11.9 Å². The van der Waals surface area contributed by atoms with Crippen molar-refractivity contribution in [3.05, 3.63) is 47.0 Å². The predicted molar refractivity (Wildman–Crippen MR) is 94.1 cm³/mol. The van der Waals surface area contributed by atoms with Crippen molar-refractivity contribution in [2.45, 2.75) is 27.3 Å². The van der Waals surface area contributed by atoms with Crippen molar-refractivity contribution in [3.8, 4) is 5.75 Å². The van der Waals surface area contributed by atoms with E-state index in [9.17, 15) is 4.79 Å². The maximum Gasteiger partial charge on any atom is 0.278 e. The molecule has 0 saturated carbocycles. The fourth-order valence-corrected chi connectivity index (χ4v) is 2.85. The molecule has 3 rings (SSSR count). The van der Waals surface area contributed by atoms with Gasteiger partial charge in [0.1, 0.15) is 5.75 Å². The second-order valence-electron chi connectivity index (χ2n) is 5.36. The van der Waals surface area contributed by atoms with E-state index in [1.807, 2.05) is 26.0 Å². The Kier molecular flexibility index (Phi) is 5.03. The summed E-state index contributed by atoms with van der Waals surface area (Å²) >= 11 is 1.16. The van der Waals surface area contributed by atoms with Crippen molar-refractivity contribution >= 4 is 23.3 Å². The number of amides is 1. The van der Waals surface area contributed by atoms with Crippen LogP contribution in [0, 0.1) is 13.8 Å². The first-order valence-electron chi connectivity index (χ1n) is 7.81. The quantitative estimate of drug-likeness (QED) is 0.727. The number of ether oxygens (including phenoxy) is 1. The molecule has 1 N–H and O–H groups in total. The van der Waals surface area contributed by atoms with E-state index in [0.717, 1.165) is 23.1 Å². The monoisotopic (exact) mass is 358 g/mol. The van der Waals surface area contributed by atoms with Crippen molar-refractivity contribution < 1.29 is 9.53 Å². The topological polar surface area (TPSA) is 94.8 Å². The zero-order chi connectivity index (χ0) is 17.8. The summed E-state index contributed by atoms with van der Waals surface area (Å²) < 4.78 is 15.5. The molecule has 0 saturated heterocycles. The minimum atomic E-state index is -0.330. The van der Waals surface area contributed by atoms with Crippen LogP contribution in [0.2, 0.25) is 0 Å². The van der Waals surface area contributed by atoms with Gasteiger partial charge in [-0.15, -0.1) is 5.10 Å². The molecule has 0 aliphatic rings. The molecule has 0 unspecified atom stereocenters. The molecule has 0 spiro atoms. The highest BCUT2D eigenvalue weighted by molar-refractivity contribution is 6.99. The largest absolute Gasteiger partial charge is 0.492 e. The van der Waals surface area contributed by atoms with E-state index in [2.05, 4.69) is 24.4 Å². The molecule has 2 heterocycles. The molecule has 0 bridgehead atoms. The van der Waals surface area contributed by atoms with Crippen molar-refractivity contribution in [3.63, 3.8) is 0 Å². The van der Waals surface area contributed by atoms with E-state index in [4.69, 9.17) is 4.74 Å². The minimum Gasteiger partial charge on any atom is -0.492 e. The number of hydrogen-bond acceptors (Lipinski definition) is 7. The van der Waals surface area contributed by atoms with Crippen molar-refractivity contribution in [1.82, 2.24) is 23.7 Å². The number of anilines is 1. The van der Waals surface area contributed by atoms with Gasteiger partial charge in [0, 0.05) is 0 Å². The molecular formula is C16H18N6O2S. The third-order valence-electron chi connectivity index (χ3n) is 3.68. The average molecular weight is 358 g/mol. The molecule has 1 aromatic carbocycles. The van der Waals surface area contributed by atoms with Crippen LogP contribution in [-0.4, -0.2) is 36.3 Å². The lowest BCUT2D eigenvalue weighted by Gasteiger charge is -2.10. The lowest BCUT2D eigenvalue weighted by atomic mass is 10.2. The van der Waals surface area contributed by atoms with Crippen LogP contribution >= 0.6 is 11.7 Å². The second kappa shape index (κ2) is 7.39. The smallest absolute Gasteiger partial charge is 0.278 e. The van der Waals surface area contributed by atoms with Gasteiger partial charge >= 0.3 is 0 Å². The number of carbonyl (C=O) groups excluding carboxylic acids is 1. The van der Waals surface area contributed by atoms with Gasteiger partial charge in [-0.2, -0.15) is 8.75 Å². The summed E-state index contributed by atoms with van der Waals surface area (Å²) in [5.41, 5.74) is 3.22. The van der Waals surface area contributed by atoms with Crippen LogP contribution in [-0.2, 0) is 6.54 Å². The molecule has 130 valence electrons. The molecule has 0 aliphatic carbocycles. The number of aromatic nitrogens is 5. The Morgan fingerprint density at radius 3 is 2.80 bits per heavy atom. The Balaban J connectivity index is 1.78. The highest BCUT2D eigenvalue weighted by Crippen LogP contribution is 2.24. The summed E-state index contributed by atoms with van der Waals surface area (Å²) in [5.74, 6) is 0.289. The van der Waals surface area contributed by atoms with Gasteiger partial charge in [-0.1, -0.05) is 17.3 Å². The molecule has 3 aromatic rings. The molecular weight excluding hydrogens is 340 g/mol. The Morgan fingerprint density at radius 1 is 1.28 bits per heavy atom. The van der Waals surface area contributed by atoms with Crippen molar-refractivity contribution in [2.24, 2.45) is 0 Å². The van der Waals surface area contributed by atoms with Crippen LogP contribution in [0.5, 0.6) is 5.75 Å². The second-order valence-corrected chi connectivity index (χ2v) is 5.89. The van der Waals surface area contributed by atoms with Crippen molar-refractivity contribution in [1.29, 1.82) is 0 Å². The summed E-state index contributed by atoms with van der Waals surface area (Å²) in [7, 11) is 0. The van der Waals surface area contributed by atoms with E-state index in [1.54, 1.807) is 23.7 Å². The Labute approximate surface area is 149 Å². The van der Waals surface area contributed by atoms with Gasteiger partial charge in [-0.3, -0.25) is 4.79 Å². The number of hydrogen-bond donors (Lipinski definition) is 1. The molecule has 0 radical (unpaired) electrons. The van der Waals surface area contributed by atoms with E-state index in [1.165, 1.54) is 0 Å². The van der Waals surface area contributed by atoms with Gasteiger partial charge < -0.3 is 10.1 Å². The van der Waals surface area contributed by atoms with Gasteiger partial charge in [0.25, 0.3) is 5.91 Å². The van der Waals surface area contributed by atoms with Crippen LogP contribution in [0.4, 0.5) is 5.69 Å². The highest BCUT2D eigenvalue weighted by Gasteiger charge is 2.19. The summed E-state index contributed by atoms with van der Waals surface area (Å²) in [4.78, 5) is 12.6. The summed E-state index contributed by atoms with van der Waals surface area (Å²) in [5, 5.41) is 10.9. The van der Waals surface area contributed by atoms with Gasteiger partial charge in [-0.05, 0) is 32.9 Å².